The fourth-order valence-corrected chi connectivity index (χ4v) is 10.8. The van der Waals surface area contributed by atoms with Crippen LogP contribution in [0.15, 0.2) is 95.6 Å². The van der Waals surface area contributed by atoms with E-state index < -0.39 is 120 Å². The van der Waals surface area contributed by atoms with Crippen LogP contribution >= 0.6 is 0 Å². The largest absolute Gasteiger partial charge is 0.449 e. The topological polar surface area (TPSA) is 335 Å². The molecule has 0 saturated heterocycles. The maximum Gasteiger partial charge on any atom is 0.410 e. The third-order valence-corrected chi connectivity index (χ3v) is 15.8. The van der Waals surface area contributed by atoms with Crippen molar-refractivity contribution in [2.45, 2.75) is 96.6 Å². The number of alkyl carbamates (subject to hydrolysis) is 1. The van der Waals surface area contributed by atoms with Gasteiger partial charge in [0.1, 0.15) is 43.5 Å². The Balaban J connectivity index is 0.816. The van der Waals surface area contributed by atoms with Gasteiger partial charge in [0.2, 0.25) is 29.5 Å². The number of anilines is 1. The van der Waals surface area contributed by atoms with Gasteiger partial charge >= 0.3 is 24.3 Å². The van der Waals surface area contributed by atoms with E-state index in [9.17, 15) is 53.1 Å². The second-order valence-electron chi connectivity index (χ2n) is 22.4. The molecule has 1 radical (unpaired) electrons. The fourth-order valence-electron chi connectivity index (χ4n) is 10.8. The second kappa shape index (κ2) is 26.6. The van der Waals surface area contributed by atoms with E-state index in [1.807, 2.05) is 55.5 Å². The van der Waals surface area contributed by atoms with Crippen LogP contribution in [-0.2, 0) is 49.6 Å². The maximum absolute atomic E-state index is 13.7. The molecule has 0 bridgehead atoms. The number of nitrogens with zero attached hydrogens (tertiary/aromatic N) is 2. The van der Waals surface area contributed by atoms with Crippen molar-refractivity contribution < 1.29 is 67.3 Å². The van der Waals surface area contributed by atoms with Gasteiger partial charge in [-0.3, -0.25) is 28.8 Å². The molecule has 3 aromatic carbocycles. The molecule has 4 aliphatic carbocycles. The molecule has 24 nitrogen and oxygen atoms in total. The van der Waals surface area contributed by atoms with Crippen LogP contribution in [0.3, 0.4) is 0 Å². The van der Waals surface area contributed by atoms with Gasteiger partial charge in [0, 0.05) is 67.3 Å². The van der Waals surface area contributed by atoms with Crippen molar-refractivity contribution in [1.29, 1.82) is 0 Å². The van der Waals surface area contributed by atoms with Crippen molar-refractivity contribution in [3.05, 3.63) is 119 Å². The standard InChI is InChI=1S/C60H75N10O14/c1-34(2)49(68-47(73)31-64-45(71)29-63-46(72)30-65-55(78)82-33-43-40-16-11-9-14-38(40)39-15-10-12-17-41(39)43)53(76)67-44(18-13-25-62-54(61)77)52(75)66-37-21-19-36(20-22-37)32-83-56(79)69(7)26-27-70(8)57(80)84-51-48-35(3)60(23-24-60)59(6,81)50(74)42(48)28-58(51,4)5/h9-12,14-17,19-22,28,34,43-44,49,51,81H,4,13,18,23-27,29-33H2,1-3,5-8H3,(H,63,72)(H,64,71)(H,65,78)(H,66,75)(H,67,76)(H,68,73)(H3,61,62,77)/t44-,49-,51-,58-,59-/m0/s1. The summed E-state index contributed by atoms with van der Waals surface area (Å²) in [5.41, 5.74) is 8.80. The Morgan fingerprint density at radius 2 is 1.32 bits per heavy atom. The van der Waals surface area contributed by atoms with Crippen LogP contribution in [0.25, 0.3) is 11.1 Å². The molecular weight excluding hydrogens is 1080 g/mol. The van der Waals surface area contributed by atoms with E-state index in [-0.39, 0.29) is 51.6 Å². The number of hydrogen-bond donors (Lipinski definition) is 9. The van der Waals surface area contributed by atoms with Crippen molar-refractivity contribution >= 4 is 65.3 Å². The van der Waals surface area contributed by atoms with E-state index in [1.165, 1.54) is 23.9 Å². The number of carbonyl (C=O) groups is 10. The molecule has 0 heterocycles. The number of hydrogen-bond acceptors (Lipinski definition) is 14. The number of primary amides is 1. The summed E-state index contributed by atoms with van der Waals surface area (Å²) >= 11 is 0. The predicted molar refractivity (Wildman–Crippen MR) is 307 cm³/mol. The minimum Gasteiger partial charge on any atom is -0.449 e. The van der Waals surface area contributed by atoms with Crippen molar-refractivity contribution in [2.24, 2.45) is 22.5 Å². The highest BCUT2D eigenvalue weighted by molar-refractivity contribution is 6.09. The van der Waals surface area contributed by atoms with Crippen LogP contribution in [0.5, 0.6) is 0 Å². The summed E-state index contributed by atoms with van der Waals surface area (Å²) in [5, 5.41) is 28.7. The zero-order chi connectivity index (χ0) is 61.3. The Labute approximate surface area is 487 Å². The first-order chi connectivity index (χ1) is 39.7. The van der Waals surface area contributed by atoms with Gasteiger partial charge in [0.15, 0.2) is 5.78 Å². The lowest BCUT2D eigenvalue weighted by Crippen LogP contribution is -2.56. The van der Waals surface area contributed by atoms with Crippen LogP contribution in [0.4, 0.5) is 24.9 Å². The third-order valence-electron chi connectivity index (χ3n) is 15.8. The highest BCUT2D eigenvalue weighted by Gasteiger charge is 2.67. The number of amides is 10. The van der Waals surface area contributed by atoms with Gasteiger partial charge in [-0.2, -0.15) is 0 Å². The zero-order valence-electron chi connectivity index (χ0n) is 48.3. The van der Waals surface area contributed by atoms with Crippen molar-refractivity contribution in [3.63, 3.8) is 0 Å². The lowest BCUT2D eigenvalue weighted by Gasteiger charge is -2.40. The third kappa shape index (κ3) is 14.7. The smallest absolute Gasteiger partial charge is 0.410 e. The van der Waals surface area contributed by atoms with Gasteiger partial charge in [-0.25, -0.2) is 19.2 Å². The monoisotopic (exact) mass is 1160 g/mol. The first-order valence-electron chi connectivity index (χ1n) is 27.8. The Hall–Kier alpha value is -8.80. The number of ketones is 1. The van der Waals surface area contributed by atoms with Gasteiger partial charge < -0.3 is 72.1 Å². The highest BCUT2D eigenvalue weighted by Crippen LogP contribution is 2.65. The van der Waals surface area contributed by atoms with Crippen molar-refractivity contribution in [2.75, 3.05) is 65.3 Å². The zero-order valence-corrected chi connectivity index (χ0v) is 48.3. The van der Waals surface area contributed by atoms with E-state index in [1.54, 1.807) is 58.0 Å². The number of aliphatic hydroxyl groups is 1. The molecule has 4 aliphatic rings. The highest BCUT2D eigenvalue weighted by atomic mass is 16.6. The van der Waals surface area contributed by atoms with Gasteiger partial charge in [0.25, 0.3) is 0 Å². The number of nitrogens with one attached hydrogen (secondary N) is 7. The van der Waals surface area contributed by atoms with Crippen molar-refractivity contribution in [1.82, 2.24) is 41.7 Å². The Bertz CT molecular complexity index is 3070. The summed E-state index contributed by atoms with van der Waals surface area (Å²) in [6.07, 6.45) is 0.169. The first kappa shape index (κ1) is 62.8. The molecule has 3 aromatic rings. The van der Waals surface area contributed by atoms with Crippen LogP contribution in [0.1, 0.15) is 82.9 Å². The molecular formula is C60H75N10O14. The van der Waals surface area contributed by atoms with Crippen LogP contribution in [-0.4, -0.2) is 158 Å². The Morgan fingerprint density at radius 3 is 1.90 bits per heavy atom. The van der Waals surface area contributed by atoms with E-state index in [2.05, 4.69) is 44.1 Å². The molecule has 1 fully saturated rings. The van der Waals surface area contributed by atoms with E-state index in [4.69, 9.17) is 19.9 Å². The van der Waals surface area contributed by atoms with Gasteiger partial charge in [-0.05, 0) is 92.3 Å². The summed E-state index contributed by atoms with van der Waals surface area (Å²) in [5.74, 6) is -4.59. The predicted octanol–water partition coefficient (Wildman–Crippen LogP) is 3.69. The number of ether oxygens (including phenoxy) is 3. The molecule has 7 rings (SSSR count). The minimum atomic E-state index is -1.56. The first-order valence-corrected chi connectivity index (χ1v) is 27.8. The average Bonchev–Trinajstić information content (AvgIpc) is 2.96. The summed E-state index contributed by atoms with van der Waals surface area (Å²) in [4.78, 5) is 132. The molecule has 5 atom stereocenters. The molecule has 1 spiro atoms. The van der Waals surface area contributed by atoms with E-state index >= 15 is 0 Å². The van der Waals surface area contributed by atoms with Crippen LogP contribution < -0.4 is 43.0 Å². The van der Waals surface area contributed by atoms with Crippen molar-refractivity contribution in [3.8, 4) is 11.1 Å². The fraction of sp³-hybridized carbons (Fsp3) is 0.450. The summed E-state index contributed by atoms with van der Waals surface area (Å²) in [6, 6.07) is 18.9. The molecule has 449 valence electrons. The normalized spacial score (nSPS) is 18.3. The lowest BCUT2D eigenvalue weighted by atomic mass is 9.67. The summed E-state index contributed by atoms with van der Waals surface area (Å²) < 4.78 is 16.9. The number of benzene rings is 3. The number of fused-ring (bicyclic) bond motifs is 4. The lowest BCUT2D eigenvalue weighted by molar-refractivity contribution is -0.138. The van der Waals surface area contributed by atoms with E-state index in [0.717, 1.165) is 27.8 Å². The number of likely N-dealkylation sites (N-methyl/N-ethyl adjacent to an activating group) is 2. The van der Waals surface area contributed by atoms with Gasteiger partial charge in [-0.1, -0.05) is 93.1 Å². The average molecular weight is 1160 g/mol. The molecule has 84 heavy (non-hydrogen) atoms. The Morgan fingerprint density at radius 1 is 0.750 bits per heavy atom. The molecule has 10 amide bonds. The quantitative estimate of drug-likeness (QED) is 0.0457. The molecule has 0 aromatic heterocycles. The van der Waals surface area contributed by atoms with E-state index in [0.29, 0.717) is 35.2 Å². The van der Waals surface area contributed by atoms with Gasteiger partial charge in [0.05, 0.1) is 13.1 Å². The number of rotatable bonds is 24. The number of carbonyl (C=O) groups excluding carboxylic acids is 10. The SMILES string of the molecule is [CH2][C@]1(C)C=C2C(=O)[C@](C)(O)C3(CC3)C(C)=C2[C@@H]1OC(=O)N(C)CCN(C)C(=O)OCc1ccc(NC(=O)[C@H](CCCNC(N)=O)NC(=O)[C@@H](NC(=O)CNC(=O)CNC(=O)CNC(=O)OCC2c3ccccc3-c3ccccc32)C(C)C)cc1. The number of urea groups is 1. The molecule has 0 aliphatic heterocycles. The molecule has 0 unspecified atom stereocenters. The van der Waals surface area contributed by atoms with Crippen LogP contribution in [0, 0.1) is 23.7 Å². The maximum atomic E-state index is 13.7. The number of Topliss-reactive ketones (excluding diaryl/α,β-unsaturated/α-hetero) is 1. The molecule has 24 heteroatoms. The summed E-state index contributed by atoms with van der Waals surface area (Å²) in [6.45, 7) is 11.3. The second-order valence-corrected chi connectivity index (χ2v) is 22.4. The summed E-state index contributed by atoms with van der Waals surface area (Å²) in [7, 11) is 3.03. The Kier molecular flexibility index (Phi) is 19.9. The van der Waals surface area contributed by atoms with Gasteiger partial charge in [-0.15, -0.1) is 0 Å². The number of nitrogens with two attached hydrogens (primary N) is 1. The molecule has 10 N–H and O–H groups in total. The minimum absolute atomic E-state index is 0.0400. The molecule has 1 saturated carbocycles. The van der Waals surface area contributed by atoms with Crippen LogP contribution in [0.2, 0.25) is 0 Å².